The van der Waals surface area contributed by atoms with E-state index in [1.807, 2.05) is 13.0 Å². The van der Waals surface area contributed by atoms with Gasteiger partial charge in [0.25, 0.3) is 0 Å². The van der Waals surface area contributed by atoms with Crippen molar-refractivity contribution in [3.8, 4) is 5.75 Å². The fourth-order valence-electron chi connectivity index (χ4n) is 1.95. The third-order valence-corrected chi connectivity index (χ3v) is 5.61. The van der Waals surface area contributed by atoms with Crippen molar-refractivity contribution < 1.29 is 4.74 Å². The van der Waals surface area contributed by atoms with E-state index in [-0.39, 0.29) is 4.83 Å². The van der Waals surface area contributed by atoms with Crippen molar-refractivity contribution in [3.63, 3.8) is 0 Å². The van der Waals surface area contributed by atoms with Gasteiger partial charge in [0.05, 0.1) is 16.5 Å². The normalized spacial score (nSPS) is 12.3. The summed E-state index contributed by atoms with van der Waals surface area (Å²) in [5.41, 5.74) is 3.21. The fourth-order valence-corrected chi connectivity index (χ4v) is 3.63. The zero-order valence-electron chi connectivity index (χ0n) is 11.6. The maximum atomic E-state index is 6.37. The standard InChI is InChI=1S/C16H14Br2Cl2O/c1-3-21-15-8-13(19)11(7-14(15)20)16(18)10-5-4-9(2)12(17)6-10/h4-8,16H,3H2,1-2H3. The van der Waals surface area contributed by atoms with E-state index in [9.17, 15) is 0 Å². The highest BCUT2D eigenvalue weighted by molar-refractivity contribution is 9.10. The van der Waals surface area contributed by atoms with Gasteiger partial charge in [0.1, 0.15) is 5.75 Å². The van der Waals surface area contributed by atoms with Crippen LogP contribution in [-0.4, -0.2) is 6.61 Å². The highest BCUT2D eigenvalue weighted by Crippen LogP contribution is 2.41. The molecule has 21 heavy (non-hydrogen) atoms. The Labute approximate surface area is 151 Å². The molecular weight excluding hydrogens is 439 g/mol. The average molecular weight is 453 g/mol. The molecule has 0 fully saturated rings. The second-order valence-electron chi connectivity index (χ2n) is 4.61. The second-order valence-corrected chi connectivity index (χ2v) is 7.19. The van der Waals surface area contributed by atoms with Crippen molar-refractivity contribution in [1.82, 2.24) is 0 Å². The Morgan fingerprint density at radius 3 is 2.48 bits per heavy atom. The van der Waals surface area contributed by atoms with E-state index in [0.717, 1.165) is 15.6 Å². The molecular formula is C16H14Br2Cl2O. The topological polar surface area (TPSA) is 9.23 Å². The molecule has 0 bridgehead atoms. The molecule has 5 heteroatoms. The smallest absolute Gasteiger partial charge is 0.139 e. The molecule has 2 rings (SSSR count). The quantitative estimate of drug-likeness (QED) is 0.456. The lowest BCUT2D eigenvalue weighted by molar-refractivity contribution is 0.340. The molecule has 0 aliphatic rings. The summed E-state index contributed by atoms with van der Waals surface area (Å²) in [7, 11) is 0. The zero-order valence-corrected chi connectivity index (χ0v) is 16.3. The maximum absolute atomic E-state index is 6.37. The summed E-state index contributed by atoms with van der Waals surface area (Å²) in [6.45, 7) is 4.52. The van der Waals surface area contributed by atoms with Crippen LogP contribution in [0.2, 0.25) is 10.0 Å². The van der Waals surface area contributed by atoms with Crippen molar-refractivity contribution in [2.24, 2.45) is 0 Å². The number of hydrogen-bond donors (Lipinski definition) is 0. The molecule has 0 saturated carbocycles. The molecule has 0 spiro atoms. The lowest BCUT2D eigenvalue weighted by Gasteiger charge is -2.16. The summed E-state index contributed by atoms with van der Waals surface area (Å²) in [4.78, 5) is -0.0323. The molecule has 0 aliphatic heterocycles. The van der Waals surface area contributed by atoms with E-state index < -0.39 is 0 Å². The van der Waals surface area contributed by atoms with Crippen molar-refractivity contribution in [2.45, 2.75) is 18.7 Å². The third kappa shape index (κ3) is 3.95. The van der Waals surface area contributed by atoms with E-state index in [4.69, 9.17) is 27.9 Å². The molecule has 1 nitrogen and oxygen atoms in total. The van der Waals surface area contributed by atoms with Crippen LogP contribution in [0, 0.1) is 6.92 Å². The lowest BCUT2D eigenvalue weighted by Crippen LogP contribution is -1.98. The van der Waals surface area contributed by atoms with Gasteiger partial charge in [0.2, 0.25) is 0 Å². The van der Waals surface area contributed by atoms with Crippen molar-refractivity contribution in [2.75, 3.05) is 6.61 Å². The maximum Gasteiger partial charge on any atom is 0.139 e. The molecule has 2 aromatic rings. The van der Waals surface area contributed by atoms with Gasteiger partial charge < -0.3 is 4.74 Å². The predicted molar refractivity (Wildman–Crippen MR) is 97.3 cm³/mol. The first-order chi connectivity index (χ1) is 9.93. The van der Waals surface area contributed by atoms with Crippen LogP contribution in [0.3, 0.4) is 0 Å². The van der Waals surface area contributed by atoms with E-state index >= 15 is 0 Å². The average Bonchev–Trinajstić information content (AvgIpc) is 2.45. The Kier molecular flexibility index (Phi) is 6.01. The molecule has 1 unspecified atom stereocenters. The summed E-state index contributed by atoms with van der Waals surface area (Å²) in [6, 6.07) is 9.83. The zero-order chi connectivity index (χ0) is 15.6. The van der Waals surface area contributed by atoms with Crippen LogP contribution in [0.5, 0.6) is 5.75 Å². The van der Waals surface area contributed by atoms with Crippen LogP contribution in [0.25, 0.3) is 0 Å². The Morgan fingerprint density at radius 1 is 1.14 bits per heavy atom. The summed E-state index contributed by atoms with van der Waals surface area (Å²) >= 11 is 19.9. The summed E-state index contributed by atoms with van der Waals surface area (Å²) in [6.07, 6.45) is 0. The third-order valence-electron chi connectivity index (χ3n) is 3.11. The van der Waals surface area contributed by atoms with Gasteiger partial charge in [-0.05, 0) is 42.7 Å². The van der Waals surface area contributed by atoms with Gasteiger partial charge >= 0.3 is 0 Å². The number of benzene rings is 2. The largest absolute Gasteiger partial charge is 0.492 e. The van der Waals surface area contributed by atoms with Gasteiger partial charge in [-0.3, -0.25) is 0 Å². The van der Waals surface area contributed by atoms with Crippen molar-refractivity contribution in [1.29, 1.82) is 0 Å². The number of alkyl halides is 1. The lowest BCUT2D eigenvalue weighted by atomic mass is 10.0. The summed E-state index contributed by atoms with van der Waals surface area (Å²) in [5, 5.41) is 1.19. The van der Waals surface area contributed by atoms with Gasteiger partial charge in [0.15, 0.2) is 0 Å². The fraction of sp³-hybridized carbons (Fsp3) is 0.250. The minimum atomic E-state index is -0.0323. The first-order valence-electron chi connectivity index (χ1n) is 6.46. The predicted octanol–water partition coefficient (Wildman–Crippen LogP) is 6.95. The van der Waals surface area contributed by atoms with Crippen LogP contribution in [0.15, 0.2) is 34.8 Å². The van der Waals surface area contributed by atoms with Crippen molar-refractivity contribution in [3.05, 3.63) is 61.5 Å². The van der Waals surface area contributed by atoms with E-state index in [1.165, 1.54) is 5.56 Å². The molecule has 0 saturated heterocycles. The van der Waals surface area contributed by atoms with E-state index in [0.29, 0.717) is 22.4 Å². The molecule has 2 aromatic carbocycles. The van der Waals surface area contributed by atoms with Crippen molar-refractivity contribution >= 4 is 55.1 Å². The number of hydrogen-bond acceptors (Lipinski definition) is 1. The SMILES string of the molecule is CCOc1cc(Cl)c(C(Br)c2ccc(C)c(Br)c2)cc1Cl. The minimum Gasteiger partial charge on any atom is -0.492 e. The Hall–Kier alpha value is -0.220. The molecule has 0 radical (unpaired) electrons. The number of ether oxygens (including phenoxy) is 1. The Balaban J connectivity index is 2.40. The second kappa shape index (κ2) is 7.36. The number of aryl methyl sites for hydroxylation is 1. The van der Waals surface area contributed by atoms with Crippen LogP contribution in [0.1, 0.15) is 28.4 Å². The molecule has 0 aliphatic carbocycles. The number of rotatable bonds is 4. The highest BCUT2D eigenvalue weighted by atomic mass is 79.9. The molecule has 0 aromatic heterocycles. The molecule has 0 N–H and O–H groups in total. The van der Waals surface area contributed by atoms with Crippen LogP contribution in [-0.2, 0) is 0 Å². The number of halogens is 4. The Morgan fingerprint density at radius 2 is 1.86 bits per heavy atom. The van der Waals surface area contributed by atoms with Crippen LogP contribution in [0.4, 0.5) is 0 Å². The summed E-state index contributed by atoms with van der Waals surface area (Å²) < 4.78 is 6.52. The van der Waals surface area contributed by atoms with E-state index in [1.54, 1.807) is 6.07 Å². The highest BCUT2D eigenvalue weighted by Gasteiger charge is 2.17. The van der Waals surface area contributed by atoms with Gasteiger partial charge in [-0.2, -0.15) is 0 Å². The van der Waals surface area contributed by atoms with Gasteiger partial charge in [0, 0.05) is 15.6 Å². The summed E-state index contributed by atoms with van der Waals surface area (Å²) in [5.74, 6) is 0.609. The molecule has 1 atom stereocenters. The monoisotopic (exact) mass is 450 g/mol. The van der Waals surface area contributed by atoms with Crippen LogP contribution >= 0.6 is 55.1 Å². The minimum absolute atomic E-state index is 0.0323. The first kappa shape index (κ1) is 17.1. The molecule has 0 heterocycles. The van der Waals surface area contributed by atoms with Gasteiger partial charge in [-0.25, -0.2) is 0 Å². The Bertz CT molecular complexity index is 659. The molecule has 112 valence electrons. The van der Waals surface area contributed by atoms with Crippen LogP contribution < -0.4 is 4.74 Å². The van der Waals surface area contributed by atoms with E-state index in [2.05, 4.69) is 57.0 Å². The van der Waals surface area contributed by atoms with Gasteiger partial charge in [-0.1, -0.05) is 67.2 Å². The first-order valence-corrected chi connectivity index (χ1v) is 8.92. The molecule has 0 amide bonds. The van der Waals surface area contributed by atoms with Gasteiger partial charge in [-0.15, -0.1) is 0 Å².